The summed E-state index contributed by atoms with van der Waals surface area (Å²) in [5.41, 5.74) is 4.50. The molecule has 0 atom stereocenters. The number of nitrogens with one attached hydrogen (secondary N) is 1. The van der Waals surface area contributed by atoms with Crippen LogP contribution >= 0.6 is 11.6 Å². The Kier molecular flexibility index (Phi) is 5.39. The zero-order valence-corrected chi connectivity index (χ0v) is 18.9. The van der Waals surface area contributed by atoms with Gasteiger partial charge in [-0.05, 0) is 61.7 Å². The standard InChI is InChI=1S/C22H18ClN3O5S/c1-12-8-14(3)21-19(9-12)24-22(31-21)15-5-4-13(2)18(10-15)25-32(29,30)20-11-16(26(27)28)6-7-17(20)23/h4-11,25H,1-3H3. The Morgan fingerprint density at radius 3 is 2.50 bits per heavy atom. The highest BCUT2D eigenvalue weighted by Crippen LogP contribution is 2.32. The van der Waals surface area contributed by atoms with Gasteiger partial charge in [0.2, 0.25) is 5.89 Å². The number of nitro benzene ring substituents is 1. The summed E-state index contributed by atoms with van der Waals surface area (Å²) in [6, 6.07) is 12.3. The summed E-state index contributed by atoms with van der Waals surface area (Å²) < 4.78 is 34.3. The summed E-state index contributed by atoms with van der Waals surface area (Å²) >= 11 is 6.02. The van der Waals surface area contributed by atoms with Crippen molar-refractivity contribution in [3.05, 3.63) is 80.4 Å². The topological polar surface area (TPSA) is 115 Å². The first kappa shape index (κ1) is 21.8. The van der Waals surface area contributed by atoms with Crippen LogP contribution in [0.15, 0.2) is 57.8 Å². The van der Waals surface area contributed by atoms with Gasteiger partial charge in [-0.1, -0.05) is 23.7 Å². The number of anilines is 1. The summed E-state index contributed by atoms with van der Waals surface area (Å²) in [4.78, 5) is 14.5. The highest BCUT2D eigenvalue weighted by molar-refractivity contribution is 7.92. The fourth-order valence-electron chi connectivity index (χ4n) is 3.38. The number of aryl methyl sites for hydroxylation is 3. The number of halogens is 1. The van der Waals surface area contributed by atoms with Gasteiger partial charge in [0.1, 0.15) is 10.4 Å². The second-order valence-electron chi connectivity index (χ2n) is 7.46. The lowest BCUT2D eigenvalue weighted by Gasteiger charge is -2.12. The van der Waals surface area contributed by atoms with Crippen LogP contribution in [0.25, 0.3) is 22.6 Å². The van der Waals surface area contributed by atoms with Crippen molar-refractivity contribution >= 4 is 44.1 Å². The molecule has 0 unspecified atom stereocenters. The van der Waals surface area contributed by atoms with E-state index < -0.39 is 14.9 Å². The van der Waals surface area contributed by atoms with Crippen molar-refractivity contribution in [2.75, 3.05) is 4.72 Å². The second-order valence-corrected chi connectivity index (χ2v) is 9.51. The van der Waals surface area contributed by atoms with E-state index in [0.717, 1.165) is 23.3 Å². The van der Waals surface area contributed by atoms with Crippen molar-refractivity contribution in [1.29, 1.82) is 0 Å². The van der Waals surface area contributed by atoms with Gasteiger partial charge >= 0.3 is 0 Å². The van der Waals surface area contributed by atoms with Crippen LogP contribution in [-0.4, -0.2) is 18.3 Å². The van der Waals surface area contributed by atoms with Gasteiger partial charge < -0.3 is 4.42 Å². The fourth-order valence-corrected chi connectivity index (χ4v) is 5.02. The third-order valence-electron chi connectivity index (χ3n) is 4.96. The molecule has 1 heterocycles. The normalized spacial score (nSPS) is 11.6. The molecule has 1 N–H and O–H groups in total. The van der Waals surface area contributed by atoms with Gasteiger partial charge in [0.15, 0.2) is 5.58 Å². The second kappa shape index (κ2) is 7.92. The molecule has 164 valence electrons. The highest BCUT2D eigenvalue weighted by Gasteiger charge is 2.23. The van der Waals surface area contributed by atoms with Crippen molar-refractivity contribution in [1.82, 2.24) is 4.98 Å². The number of oxazole rings is 1. The van der Waals surface area contributed by atoms with Crippen LogP contribution in [0.5, 0.6) is 0 Å². The van der Waals surface area contributed by atoms with E-state index in [1.165, 1.54) is 6.07 Å². The maximum atomic E-state index is 13.0. The quantitative estimate of drug-likeness (QED) is 0.291. The number of hydrogen-bond acceptors (Lipinski definition) is 6. The van der Waals surface area contributed by atoms with Crippen molar-refractivity contribution in [2.24, 2.45) is 0 Å². The van der Waals surface area contributed by atoms with Crippen molar-refractivity contribution < 1.29 is 17.8 Å². The maximum Gasteiger partial charge on any atom is 0.270 e. The van der Waals surface area contributed by atoms with E-state index in [1.807, 2.05) is 26.0 Å². The number of sulfonamides is 1. The molecule has 4 rings (SSSR count). The third kappa shape index (κ3) is 4.04. The predicted molar refractivity (Wildman–Crippen MR) is 123 cm³/mol. The number of non-ortho nitro benzene ring substituents is 1. The van der Waals surface area contributed by atoms with Gasteiger partial charge in [0, 0.05) is 17.7 Å². The van der Waals surface area contributed by atoms with E-state index in [2.05, 4.69) is 9.71 Å². The molecule has 32 heavy (non-hydrogen) atoms. The first-order valence-electron chi connectivity index (χ1n) is 9.51. The van der Waals surface area contributed by atoms with Crippen LogP contribution in [-0.2, 0) is 10.0 Å². The third-order valence-corrected chi connectivity index (χ3v) is 6.81. The average molecular weight is 472 g/mol. The Morgan fingerprint density at radius 1 is 1.03 bits per heavy atom. The largest absolute Gasteiger partial charge is 0.436 e. The minimum atomic E-state index is -4.20. The Balaban J connectivity index is 1.75. The van der Waals surface area contributed by atoms with Gasteiger partial charge in [-0.25, -0.2) is 13.4 Å². The molecule has 0 fully saturated rings. The summed E-state index contributed by atoms with van der Waals surface area (Å²) in [6.45, 7) is 5.64. The van der Waals surface area contributed by atoms with Crippen molar-refractivity contribution in [2.45, 2.75) is 25.7 Å². The molecule has 10 heteroatoms. The lowest BCUT2D eigenvalue weighted by molar-refractivity contribution is -0.385. The molecule has 0 saturated heterocycles. The van der Waals surface area contributed by atoms with Crippen LogP contribution in [0.2, 0.25) is 5.02 Å². The zero-order chi connectivity index (χ0) is 23.2. The van der Waals surface area contributed by atoms with Gasteiger partial charge in [-0.3, -0.25) is 14.8 Å². The number of benzene rings is 3. The summed E-state index contributed by atoms with van der Waals surface area (Å²) in [5.74, 6) is 0.350. The van der Waals surface area contributed by atoms with Crippen molar-refractivity contribution in [3.8, 4) is 11.5 Å². The lowest BCUT2D eigenvalue weighted by atomic mass is 10.1. The van der Waals surface area contributed by atoms with Gasteiger partial charge in [0.05, 0.1) is 15.6 Å². The Hall–Kier alpha value is -3.43. The first-order chi connectivity index (χ1) is 15.0. The first-order valence-corrected chi connectivity index (χ1v) is 11.4. The van der Waals surface area contributed by atoms with Crippen LogP contribution in [0.4, 0.5) is 11.4 Å². The molecule has 0 saturated carbocycles. The van der Waals surface area contributed by atoms with E-state index in [4.69, 9.17) is 16.0 Å². The summed E-state index contributed by atoms with van der Waals surface area (Å²) in [6.07, 6.45) is 0. The Morgan fingerprint density at radius 2 is 1.78 bits per heavy atom. The number of nitro groups is 1. The van der Waals surface area contributed by atoms with Gasteiger partial charge in [-0.15, -0.1) is 0 Å². The highest BCUT2D eigenvalue weighted by atomic mass is 35.5. The molecule has 0 spiro atoms. The summed E-state index contributed by atoms with van der Waals surface area (Å²) in [5, 5.41) is 10.9. The molecule has 0 aliphatic carbocycles. The molecular weight excluding hydrogens is 454 g/mol. The van der Waals surface area contributed by atoms with Crippen LogP contribution in [0, 0.1) is 30.9 Å². The van der Waals surface area contributed by atoms with Crippen LogP contribution in [0.3, 0.4) is 0 Å². The summed E-state index contributed by atoms with van der Waals surface area (Å²) in [7, 11) is -4.20. The molecule has 0 bridgehead atoms. The number of fused-ring (bicyclic) bond motifs is 1. The van der Waals surface area contributed by atoms with Crippen LogP contribution < -0.4 is 4.72 Å². The molecule has 0 amide bonds. The smallest absolute Gasteiger partial charge is 0.270 e. The Labute approximate surface area is 189 Å². The molecule has 1 aromatic heterocycles. The minimum Gasteiger partial charge on any atom is -0.436 e. The Bertz CT molecular complexity index is 1500. The SMILES string of the molecule is Cc1cc(C)c2oc(-c3ccc(C)c(NS(=O)(=O)c4cc([N+](=O)[O-])ccc4Cl)c3)nc2c1. The van der Waals surface area contributed by atoms with E-state index >= 15 is 0 Å². The molecular formula is C22H18ClN3O5S. The number of aromatic nitrogens is 1. The number of rotatable bonds is 5. The molecule has 4 aromatic rings. The fraction of sp³-hybridized carbons (Fsp3) is 0.136. The predicted octanol–water partition coefficient (Wildman–Crippen LogP) is 5.78. The molecule has 0 radical (unpaired) electrons. The van der Waals surface area contributed by atoms with E-state index in [0.29, 0.717) is 28.1 Å². The molecule has 8 nitrogen and oxygen atoms in total. The minimum absolute atomic E-state index is 0.123. The number of nitrogens with zero attached hydrogens (tertiary/aromatic N) is 2. The average Bonchev–Trinajstić information content (AvgIpc) is 3.14. The number of hydrogen-bond donors (Lipinski definition) is 1. The maximum absolute atomic E-state index is 13.0. The molecule has 0 aliphatic heterocycles. The van der Waals surface area contributed by atoms with Crippen LogP contribution in [0.1, 0.15) is 16.7 Å². The monoisotopic (exact) mass is 471 g/mol. The molecule has 0 aliphatic rings. The zero-order valence-electron chi connectivity index (χ0n) is 17.3. The van der Waals surface area contributed by atoms with Gasteiger partial charge in [-0.2, -0.15) is 0 Å². The van der Waals surface area contributed by atoms with E-state index in [-0.39, 0.29) is 21.3 Å². The van der Waals surface area contributed by atoms with E-state index in [1.54, 1.807) is 25.1 Å². The van der Waals surface area contributed by atoms with Gasteiger partial charge in [0.25, 0.3) is 15.7 Å². The van der Waals surface area contributed by atoms with Crippen molar-refractivity contribution in [3.63, 3.8) is 0 Å². The molecule has 3 aromatic carbocycles. The lowest BCUT2D eigenvalue weighted by Crippen LogP contribution is -2.14. The van der Waals surface area contributed by atoms with E-state index in [9.17, 15) is 18.5 Å².